The second kappa shape index (κ2) is 7.04. The quantitative estimate of drug-likeness (QED) is 0.766. The van der Waals surface area contributed by atoms with Crippen molar-refractivity contribution in [2.24, 2.45) is 5.73 Å². The van der Waals surface area contributed by atoms with Gasteiger partial charge >= 0.3 is 0 Å². The molecule has 17 heavy (non-hydrogen) atoms. The summed E-state index contributed by atoms with van der Waals surface area (Å²) >= 11 is 1.70. The van der Waals surface area contributed by atoms with Crippen LogP contribution in [0, 0.1) is 13.8 Å². The van der Waals surface area contributed by atoms with Crippen LogP contribution in [0.2, 0.25) is 0 Å². The highest BCUT2D eigenvalue weighted by Crippen LogP contribution is 2.29. The van der Waals surface area contributed by atoms with Crippen molar-refractivity contribution >= 4 is 11.8 Å². The van der Waals surface area contributed by atoms with Gasteiger partial charge in [0.15, 0.2) is 0 Å². The van der Waals surface area contributed by atoms with Crippen LogP contribution in [0.3, 0.4) is 0 Å². The molecule has 1 rings (SSSR count). The minimum atomic E-state index is 0.0655. The third-order valence-electron chi connectivity index (χ3n) is 2.89. The van der Waals surface area contributed by atoms with Gasteiger partial charge in [0.1, 0.15) is 0 Å². The zero-order valence-electron chi connectivity index (χ0n) is 10.9. The Morgan fingerprint density at radius 3 is 2.59 bits per heavy atom. The van der Waals surface area contributed by atoms with E-state index in [1.165, 1.54) is 16.0 Å². The van der Waals surface area contributed by atoms with Crippen LogP contribution in [0.5, 0.6) is 0 Å². The van der Waals surface area contributed by atoms with Crippen molar-refractivity contribution in [1.29, 1.82) is 0 Å². The number of nitrogens with two attached hydrogens (primary N) is 1. The topological polar surface area (TPSA) is 46.2 Å². The highest BCUT2D eigenvalue weighted by atomic mass is 32.2. The number of hydrogen-bond donors (Lipinski definition) is 2. The number of aliphatic hydroxyl groups is 1. The van der Waals surface area contributed by atoms with Crippen LogP contribution < -0.4 is 5.73 Å². The Labute approximate surface area is 109 Å². The summed E-state index contributed by atoms with van der Waals surface area (Å²) < 4.78 is 0. The Morgan fingerprint density at radius 2 is 2.06 bits per heavy atom. The summed E-state index contributed by atoms with van der Waals surface area (Å²) in [6, 6.07) is 6.46. The number of hydrogen-bond acceptors (Lipinski definition) is 3. The average molecular weight is 253 g/mol. The van der Waals surface area contributed by atoms with E-state index in [-0.39, 0.29) is 17.9 Å². The Morgan fingerprint density at radius 1 is 1.35 bits per heavy atom. The highest BCUT2D eigenvalue weighted by Gasteiger charge is 2.18. The van der Waals surface area contributed by atoms with Gasteiger partial charge in [-0.05, 0) is 31.9 Å². The fourth-order valence-corrected chi connectivity index (χ4v) is 2.98. The van der Waals surface area contributed by atoms with Crippen molar-refractivity contribution in [3.8, 4) is 0 Å². The van der Waals surface area contributed by atoms with E-state index in [1.54, 1.807) is 11.8 Å². The molecule has 0 saturated heterocycles. The summed E-state index contributed by atoms with van der Waals surface area (Å²) in [5, 5.41) is 9.52. The summed E-state index contributed by atoms with van der Waals surface area (Å²) in [5.41, 5.74) is 8.62. The van der Waals surface area contributed by atoms with Gasteiger partial charge in [-0.25, -0.2) is 0 Å². The molecule has 2 unspecified atom stereocenters. The normalized spacial score (nSPS) is 14.6. The first-order chi connectivity index (χ1) is 8.08. The van der Waals surface area contributed by atoms with Gasteiger partial charge in [-0.2, -0.15) is 0 Å². The summed E-state index contributed by atoms with van der Waals surface area (Å²) in [5.74, 6) is 0. The number of aliphatic hydroxyl groups excluding tert-OH is 1. The summed E-state index contributed by atoms with van der Waals surface area (Å²) in [4.78, 5) is 1.22. The van der Waals surface area contributed by atoms with E-state index >= 15 is 0 Å². The molecule has 0 aromatic heterocycles. The summed E-state index contributed by atoms with van der Waals surface area (Å²) in [7, 11) is 0. The van der Waals surface area contributed by atoms with Crippen molar-refractivity contribution in [3.05, 3.63) is 29.3 Å². The van der Waals surface area contributed by atoms with Gasteiger partial charge < -0.3 is 10.8 Å². The maximum atomic E-state index is 9.43. The third kappa shape index (κ3) is 4.34. The maximum absolute atomic E-state index is 9.43. The van der Waals surface area contributed by atoms with E-state index in [0.717, 1.165) is 12.8 Å². The van der Waals surface area contributed by atoms with E-state index in [4.69, 9.17) is 5.73 Å². The Bertz CT molecular complexity index is 354. The van der Waals surface area contributed by atoms with Crippen LogP contribution in [0.4, 0.5) is 0 Å². The van der Waals surface area contributed by atoms with Gasteiger partial charge in [0.2, 0.25) is 0 Å². The van der Waals surface area contributed by atoms with E-state index in [2.05, 4.69) is 39.0 Å². The van der Waals surface area contributed by atoms with E-state index in [0.29, 0.717) is 0 Å². The first-order valence-electron chi connectivity index (χ1n) is 6.18. The molecule has 0 fully saturated rings. The molecular formula is C14H23NOS. The van der Waals surface area contributed by atoms with Gasteiger partial charge in [0.25, 0.3) is 0 Å². The van der Waals surface area contributed by atoms with Crippen molar-refractivity contribution < 1.29 is 5.11 Å². The fraction of sp³-hybridized carbons (Fsp3) is 0.571. The number of thioether (sulfide) groups is 1. The molecule has 0 aliphatic carbocycles. The van der Waals surface area contributed by atoms with E-state index in [1.807, 2.05) is 0 Å². The molecule has 0 heterocycles. The second-order valence-electron chi connectivity index (χ2n) is 4.56. The second-order valence-corrected chi connectivity index (χ2v) is 5.84. The first-order valence-corrected chi connectivity index (χ1v) is 7.06. The lowest BCUT2D eigenvalue weighted by Crippen LogP contribution is -2.34. The lowest BCUT2D eigenvalue weighted by molar-refractivity contribution is 0.279. The molecule has 0 aliphatic rings. The minimum absolute atomic E-state index is 0.0655. The number of benzene rings is 1. The lowest BCUT2D eigenvalue weighted by atomic mass is 10.1. The zero-order valence-corrected chi connectivity index (χ0v) is 11.8. The van der Waals surface area contributed by atoms with Crippen molar-refractivity contribution in [2.75, 3.05) is 6.61 Å². The molecular weight excluding hydrogens is 230 g/mol. The minimum Gasteiger partial charge on any atom is -0.395 e. The standard InChI is InChI=1S/C14H23NOS/c1-4-5-12(15)14(9-16)17-13-7-6-10(2)8-11(13)3/h6-8,12,14,16H,4-5,9,15H2,1-3H3. The van der Waals surface area contributed by atoms with Crippen LogP contribution in [0.25, 0.3) is 0 Å². The zero-order chi connectivity index (χ0) is 12.8. The van der Waals surface area contributed by atoms with Gasteiger partial charge in [0.05, 0.1) is 6.61 Å². The molecule has 0 amide bonds. The van der Waals surface area contributed by atoms with Crippen molar-refractivity contribution in [3.63, 3.8) is 0 Å². The Kier molecular flexibility index (Phi) is 6.03. The molecule has 0 aliphatic heterocycles. The first kappa shape index (κ1) is 14.6. The average Bonchev–Trinajstić information content (AvgIpc) is 2.28. The Hall–Kier alpha value is -0.510. The molecule has 1 aromatic rings. The highest BCUT2D eigenvalue weighted by molar-refractivity contribution is 8.00. The van der Waals surface area contributed by atoms with E-state index < -0.39 is 0 Å². The summed E-state index contributed by atoms with van der Waals surface area (Å²) in [6.45, 7) is 6.46. The predicted molar refractivity (Wildman–Crippen MR) is 75.5 cm³/mol. The van der Waals surface area contributed by atoms with Crippen LogP contribution >= 0.6 is 11.8 Å². The molecule has 0 spiro atoms. The summed E-state index contributed by atoms with van der Waals surface area (Å²) in [6.07, 6.45) is 2.02. The van der Waals surface area contributed by atoms with Gasteiger partial charge in [0, 0.05) is 16.2 Å². The largest absolute Gasteiger partial charge is 0.395 e. The van der Waals surface area contributed by atoms with Gasteiger partial charge in [-0.1, -0.05) is 31.0 Å². The molecule has 2 atom stereocenters. The van der Waals surface area contributed by atoms with Crippen molar-refractivity contribution in [2.45, 2.75) is 49.8 Å². The monoisotopic (exact) mass is 253 g/mol. The van der Waals surface area contributed by atoms with E-state index in [9.17, 15) is 5.11 Å². The molecule has 3 heteroatoms. The van der Waals surface area contributed by atoms with Crippen LogP contribution in [-0.4, -0.2) is 23.0 Å². The molecule has 2 nitrogen and oxygen atoms in total. The molecule has 0 bridgehead atoms. The van der Waals surface area contributed by atoms with Crippen LogP contribution in [0.15, 0.2) is 23.1 Å². The van der Waals surface area contributed by atoms with Crippen LogP contribution in [0.1, 0.15) is 30.9 Å². The van der Waals surface area contributed by atoms with Crippen LogP contribution in [-0.2, 0) is 0 Å². The predicted octanol–water partition coefficient (Wildman–Crippen LogP) is 2.88. The van der Waals surface area contributed by atoms with Gasteiger partial charge in [-0.3, -0.25) is 0 Å². The molecule has 0 saturated carbocycles. The number of aryl methyl sites for hydroxylation is 2. The molecule has 96 valence electrons. The number of rotatable bonds is 6. The smallest absolute Gasteiger partial charge is 0.0568 e. The molecule has 0 radical (unpaired) electrons. The Balaban J connectivity index is 2.73. The maximum Gasteiger partial charge on any atom is 0.0568 e. The van der Waals surface area contributed by atoms with Gasteiger partial charge in [-0.15, -0.1) is 11.8 Å². The molecule has 1 aromatic carbocycles. The fourth-order valence-electron chi connectivity index (χ4n) is 1.87. The lowest BCUT2D eigenvalue weighted by Gasteiger charge is -2.21. The molecule has 3 N–H and O–H groups in total. The van der Waals surface area contributed by atoms with Crippen molar-refractivity contribution in [1.82, 2.24) is 0 Å². The third-order valence-corrected chi connectivity index (χ3v) is 4.40. The SMILES string of the molecule is CCCC(N)C(CO)Sc1ccc(C)cc1C.